The molecule has 44 heavy (non-hydrogen) atoms. The van der Waals surface area contributed by atoms with Gasteiger partial charge in [-0.3, -0.25) is 9.69 Å². The molecule has 0 radical (unpaired) electrons. The maximum absolute atomic E-state index is 12.8. The normalized spacial score (nSPS) is 17.1. The zero-order valence-corrected chi connectivity index (χ0v) is 28.7. The van der Waals surface area contributed by atoms with Crippen molar-refractivity contribution in [1.82, 2.24) is 9.80 Å². The first kappa shape index (κ1) is 34.0. The van der Waals surface area contributed by atoms with E-state index in [-0.39, 0.29) is 0 Å². The van der Waals surface area contributed by atoms with Gasteiger partial charge in [0, 0.05) is 32.1 Å². The Labute approximate surface area is 269 Å². The van der Waals surface area contributed by atoms with Crippen molar-refractivity contribution in [2.24, 2.45) is 0 Å². The van der Waals surface area contributed by atoms with Gasteiger partial charge in [-0.25, -0.2) is 0 Å². The zero-order chi connectivity index (χ0) is 31.6. The van der Waals surface area contributed by atoms with Gasteiger partial charge >= 0.3 is 0 Å². The molecule has 1 saturated heterocycles. The lowest BCUT2D eigenvalue weighted by Gasteiger charge is -2.32. The Bertz CT molecular complexity index is 1300. The molecule has 4 rings (SSSR count). The molecule has 3 heteroatoms. The van der Waals surface area contributed by atoms with Crippen molar-refractivity contribution in [3.63, 3.8) is 0 Å². The molecule has 5 atom stereocenters. The Hall–Kier alpha value is -2.91. The van der Waals surface area contributed by atoms with Gasteiger partial charge < -0.3 is 4.90 Å². The molecule has 0 saturated carbocycles. The fraction of sp³-hybridized carbons (Fsp3) is 0.537. The lowest BCUT2D eigenvalue weighted by Crippen LogP contribution is -2.37. The lowest BCUT2D eigenvalue weighted by molar-refractivity contribution is -0.129. The SMILES string of the molecule is CCC(C)c1ccc(C(C)CC(CC(CC)N2CCCC2=O)c2ccc(C(C)CC)c(CN(C)Cc3ccccc3)c2)cc1. The van der Waals surface area contributed by atoms with Crippen LogP contribution in [0.4, 0.5) is 0 Å². The van der Waals surface area contributed by atoms with Gasteiger partial charge in [0.25, 0.3) is 0 Å². The Morgan fingerprint density at radius 3 is 1.95 bits per heavy atom. The molecule has 0 spiro atoms. The van der Waals surface area contributed by atoms with Gasteiger partial charge in [0.05, 0.1) is 0 Å². The first-order valence-electron chi connectivity index (χ1n) is 17.5. The van der Waals surface area contributed by atoms with Crippen LogP contribution in [-0.4, -0.2) is 35.3 Å². The summed E-state index contributed by atoms with van der Waals surface area (Å²) in [7, 11) is 2.24. The number of likely N-dealkylation sites (tertiary alicyclic amines) is 1. The summed E-state index contributed by atoms with van der Waals surface area (Å²) in [5.74, 6) is 2.30. The maximum atomic E-state index is 12.8. The van der Waals surface area contributed by atoms with Gasteiger partial charge in [-0.05, 0) is 103 Å². The Morgan fingerprint density at radius 1 is 0.727 bits per heavy atom. The van der Waals surface area contributed by atoms with Gasteiger partial charge in [0.1, 0.15) is 0 Å². The molecule has 1 aliphatic heterocycles. The van der Waals surface area contributed by atoms with Crippen molar-refractivity contribution >= 4 is 5.91 Å². The molecule has 1 fully saturated rings. The molecule has 0 aromatic heterocycles. The molecule has 0 N–H and O–H groups in total. The molecule has 3 aromatic carbocycles. The minimum atomic E-state index is 0.299. The molecule has 0 aliphatic carbocycles. The van der Waals surface area contributed by atoms with E-state index in [0.29, 0.717) is 42.0 Å². The van der Waals surface area contributed by atoms with E-state index in [1.54, 1.807) is 0 Å². The number of carbonyl (C=O) groups excluding carboxylic acids is 1. The summed E-state index contributed by atoms with van der Waals surface area (Å²) in [6.07, 6.45) is 7.14. The molecule has 1 amide bonds. The molecule has 0 bridgehead atoms. The average molecular weight is 595 g/mol. The summed E-state index contributed by atoms with van der Waals surface area (Å²) >= 11 is 0. The Morgan fingerprint density at radius 2 is 1.36 bits per heavy atom. The van der Waals surface area contributed by atoms with Crippen LogP contribution >= 0.6 is 0 Å². The number of benzene rings is 3. The van der Waals surface area contributed by atoms with E-state index < -0.39 is 0 Å². The first-order valence-corrected chi connectivity index (χ1v) is 17.5. The van der Waals surface area contributed by atoms with Crippen LogP contribution in [0.15, 0.2) is 72.8 Å². The predicted molar refractivity (Wildman–Crippen MR) is 187 cm³/mol. The predicted octanol–water partition coefficient (Wildman–Crippen LogP) is 10.4. The van der Waals surface area contributed by atoms with Crippen molar-refractivity contribution in [2.75, 3.05) is 13.6 Å². The van der Waals surface area contributed by atoms with Gasteiger partial charge in [-0.2, -0.15) is 0 Å². The second kappa shape index (κ2) is 16.4. The first-order chi connectivity index (χ1) is 21.2. The zero-order valence-electron chi connectivity index (χ0n) is 28.7. The number of hydrogen-bond acceptors (Lipinski definition) is 2. The number of amides is 1. The number of rotatable bonds is 16. The van der Waals surface area contributed by atoms with Crippen LogP contribution in [-0.2, 0) is 17.9 Å². The van der Waals surface area contributed by atoms with Crippen molar-refractivity contribution in [2.45, 2.75) is 129 Å². The molecule has 3 aromatic rings. The number of nitrogens with zero attached hydrogens (tertiary/aromatic N) is 2. The van der Waals surface area contributed by atoms with Crippen molar-refractivity contribution < 1.29 is 4.79 Å². The minimum Gasteiger partial charge on any atom is -0.340 e. The lowest BCUT2D eigenvalue weighted by atomic mass is 9.80. The summed E-state index contributed by atoms with van der Waals surface area (Å²) in [4.78, 5) is 17.5. The second-order valence-electron chi connectivity index (χ2n) is 13.7. The number of carbonyl (C=O) groups is 1. The van der Waals surface area contributed by atoms with Crippen LogP contribution < -0.4 is 0 Å². The third kappa shape index (κ3) is 8.84. The molecule has 3 nitrogen and oxygen atoms in total. The largest absolute Gasteiger partial charge is 0.340 e. The van der Waals surface area contributed by atoms with Crippen molar-refractivity contribution in [3.8, 4) is 0 Å². The topological polar surface area (TPSA) is 23.6 Å². The van der Waals surface area contributed by atoms with E-state index in [4.69, 9.17) is 0 Å². The average Bonchev–Trinajstić information content (AvgIpc) is 3.47. The summed E-state index contributed by atoms with van der Waals surface area (Å²) in [6, 6.07) is 27.9. The van der Waals surface area contributed by atoms with Gasteiger partial charge in [0.2, 0.25) is 5.91 Å². The van der Waals surface area contributed by atoms with Gasteiger partial charge in [-0.1, -0.05) is 114 Å². The van der Waals surface area contributed by atoms with E-state index in [1.165, 1.54) is 39.8 Å². The highest BCUT2D eigenvalue weighted by atomic mass is 16.2. The Balaban J connectivity index is 1.65. The molecule has 1 heterocycles. The van der Waals surface area contributed by atoms with Crippen LogP contribution in [0.5, 0.6) is 0 Å². The van der Waals surface area contributed by atoms with Gasteiger partial charge in [-0.15, -0.1) is 0 Å². The fourth-order valence-corrected chi connectivity index (χ4v) is 7.18. The summed E-state index contributed by atoms with van der Waals surface area (Å²) in [5, 5.41) is 0. The highest BCUT2D eigenvalue weighted by Gasteiger charge is 2.30. The molecular weight excluding hydrogens is 536 g/mol. The van der Waals surface area contributed by atoms with E-state index in [1.807, 2.05) is 0 Å². The van der Waals surface area contributed by atoms with E-state index in [2.05, 4.69) is 131 Å². The van der Waals surface area contributed by atoms with E-state index in [0.717, 1.165) is 51.7 Å². The van der Waals surface area contributed by atoms with Crippen molar-refractivity contribution in [3.05, 3.63) is 106 Å². The highest BCUT2D eigenvalue weighted by Crippen LogP contribution is 2.38. The smallest absolute Gasteiger partial charge is 0.222 e. The molecular formula is C41H58N2O. The monoisotopic (exact) mass is 594 g/mol. The van der Waals surface area contributed by atoms with Crippen LogP contribution in [0, 0.1) is 0 Å². The maximum Gasteiger partial charge on any atom is 0.222 e. The fourth-order valence-electron chi connectivity index (χ4n) is 7.18. The molecule has 1 aliphatic rings. The second-order valence-corrected chi connectivity index (χ2v) is 13.7. The summed E-state index contributed by atoms with van der Waals surface area (Å²) < 4.78 is 0. The summed E-state index contributed by atoms with van der Waals surface area (Å²) in [5.41, 5.74) is 8.58. The van der Waals surface area contributed by atoms with Crippen LogP contribution in [0.2, 0.25) is 0 Å². The third-order valence-corrected chi connectivity index (χ3v) is 10.4. The molecule has 238 valence electrons. The third-order valence-electron chi connectivity index (χ3n) is 10.4. The minimum absolute atomic E-state index is 0.299. The summed E-state index contributed by atoms with van der Waals surface area (Å²) in [6.45, 7) is 16.7. The van der Waals surface area contributed by atoms with Crippen LogP contribution in [0.3, 0.4) is 0 Å². The van der Waals surface area contributed by atoms with E-state index in [9.17, 15) is 4.79 Å². The van der Waals surface area contributed by atoms with Crippen molar-refractivity contribution in [1.29, 1.82) is 0 Å². The Kier molecular flexibility index (Phi) is 12.7. The quantitative estimate of drug-likeness (QED) is 0.165. The molecule has 5 unspecified atom stereocenters. The standard InChI is InChI=1S/C41H58N2O/c1-8-30(4)34-18-20-35(21-19-34)32(6)25-37(27-39(10-3)43-24-14-17-41(43)44)36-22-23-40(31(5)9-2)38(26-36)29-42(7)28-33-15-12-11-13-16-33/h11-13,15-16,18-23,26,30-32,37,39H,8-10,14,17,24-25,27-29H2,1-7H3. The van der Waals surface area contributed by atoms with E-state index >= 15 is 0 Å². The van der Waals surface area contributed by atoms with Crippen LogP contribution in [0.25, 0.3) is 0 Å². The highest BCUT2D eigenvalue weighted by molar-refractivity contribution is 5.78. The van der Waals surface area contributed by atoms with Crippen LogP contribution in [0.1, 0.15) is 144 Å². The van der Waals surface area contributed by atoms with Gasteiger partial charge in [0.15, 0.2) is 0 Å². The number of hydrogen-bond donors (Lipinski definition) is 0.